The number of rotatable bonds is 5. The number of amides is 1. The average molecular weight is 369 g/mol. The van der Waals surface area contributed by atoms with E-state index in [4.69, 9.17) is 0 Å². The van der Waals surface area contributed by atoms with Gasteiger partial charge in [0.1, 0.15) is 11.6 Å². The minimum atomic E-state index is -0.165. The lowest BCUT2D eigenvalue weighted by Gasteiger charge is -2.21. The SMILES string of the molecule is Cc1cc(C)c(NC(=O)[C@H](C)[NH+](C)Cc2nc3ccccc3s2)c(C)c1. The van der Waals surface area contributed by atoms with Crippen LogP contribution in [-0.2, 0) is 11.3 Å². The van der Waals surface area contributed by atoms with Crippen molar-refractivity contribution in [1.82, 2.24) is 4.98 Å². The largest absolute Gasteiger partial charge is 0.322 e. The van der Waals surface area contributed by atoms with Gasteiger partial charge in [-0.05, 0) is 51.0 Å². The topological polar surface area (TPSA) is 46.4 Å². The molecule has 0 saturated carbocycles. The van der Waals surface area contributed by atoms with Crippen LogP contribution in [0.5, 0.6) is 0 Å². The molecule has 0 spiro atoms. The summed E-state index contributed by atoms with van der Waals surface area (Å²) >= 11 is 1.70. The Morgan fingerprint density at radius 3 is 2.50 bits per heavy atom. The smallest absolute Gasteiger partial charge is 0.282 e. The van der Waals surface area contributed by atoms with Gasteiger partial charge >= 0.3 is 0 Å². The van der Waals surface area contributed by atoms with Crippen molar-refractivity contribution in [3.8, 4) is 0 Å². The summed E-state index contributed by atoms with van der Waals surface area (Å²) in [5, 5.41) is 4.18. The van der Waals surface area contributed by atoms with Gasteiger partial charge in [0.25, 0.3) is 5.91 Å². The second-order valence-corrected chi connectivity index (χ2v) is 8.20. The molecule has 5 heteroatoms. The van der Waals surface area contributed by atoms with Crippen molar-refractivity contribution in [2.24, 2.45) is 0 Å². The van der Waals surface area contributed by atoms with Crippen LogP contribution in [0.1, 0.15) is 28.6 Å². The molecule has 0 bridgehead atoms. The molecule has 1 aromatic heterocycles. The maximum atomic E-state index is 12.8. The molecule has 2 N–H and O–H groups in total. The molecule has 0 aliphatic heterocycles. The first kappa shape index (κ1) is 18.5. The lowest BCUT2D eigenvalue weighted by Crippen LogP contribution is -3.12. The summed E-state index contributed by atoms with van der Waals surface area (Å²) in [6.07, 6.45) is 0. The molecular formula is C21H26N3OS+. The molecule has 4 nitrogen and oxygen atoms in total. The van der Waals surface area contributed by atoms with E-state index in [2.05, 4.69) is 35.4 Å². The predicted octanol–water partition coefficient (Wildman–Crippen LogP) is 3.26. The van der Waals surface area contributed by atoms with Gasteiger partial charge in [-0.1, -0.05) is 29.8 Å². The number of aryl methyl sites for hydroxylation is 3. The van der Waals surface area contributed by atoms with Gasteiger partial charge in [-0.25, -0.2) is 4.98 Å². The van der Waals surface area contributed by atoms with Gasteiger partial charge in [0.15, 0.2) is 6.04 Å². The molecule has 0 aliphatic carbocycles. The molecule has 1 unspecified atom stereocenters. The van der Waals surface area contributed by atoms with Crippen molar-refractivity contribution in [2.75, 3.05) is 12.4 Å². The lowest BCUT2D eigenvalue weighted by molar-refractivity contribution is -0.907. The summed E-state index contributed by atoms with van der Waals surface area (Å²) in [7, 11) is 2.05. The first-order valence-electron chi connectivity index (χ1n) is 8.90. The number of quaternary nitrogens is 1. The average Bonchev–Trinajstić information content (AvgIpc) is 2.99. The van der Waals surface area contributed by atoms with E-state index in [1.165, 1.54) is 10.3 Å². The number of thiazole rings is 1. The third kappa shape index (κ3) is 3.94. The van der Waals surface area contributed by atoms with Crippen LogP contribution >= 0.6 is 11.3 Å². The fraction of sp³-hybridized carbons (Fsp3) is 0.333. The van der Waals surface area contributed by atoms with Crippen molar-refractivity contribution in [3.63, 3.8) is 0 Å². The van der Waals surface area contributed by atoms with Crippen LogP contribution < -0.4 is 10.2 Å². The van der Waals surface area contributed by atoms with Gasteiger partial charge in [0.05, 0.1) is 17.3 Å². The Balaban J connectivity index is 1.69. The van der Waals surface area contributed by atoms with Crippen molar-refractivity contribution in [1.29, 1.82) is 0 Å². The first-order chi connectivity index (χ1) is 12.3. The number of hydrogen-bond acceptors (Lipinski definition) is 3. The van der Waals surface area contributed by atoms with E-state index in [1.807, 2.05) is 46.0 Å². The zero-order valence-electron chi connectivity index (χ0n) is 16.0. The van der Waals surface area contributed by atoms with E-state index in [0.717, 1.165) is 38.8 Å². The summed E-state index contributed by atoms with van der Waals surface area (Å²) in [6, 6.07) is 12.2. The van der Waals surface area contributed by atoms with Crippen molar-refractivity contribution < 1.29 is 9.69 Å². The summed E-state index contributed by atoms with van der Waals surface area (Å²) in [4.78, 5) is 18.6. The Kier molecular flexibility index (Phi) is 5.39. The Morgan fingerprint density at radius 1 is 1.19 bits per heavy atom. The Bertz CT molecular complexity index is 891. The molecule has 1 amide bonds. The first-order valence-corrected chi connectivity index (χ1v) is 9.72. The fourth-order valence-corrected chi connectivity index (χ4v) is 4.28. The van der Waals surface area contributed by atoms with E-state index < -0.39 is 0 Å². The number of anilines is 1. The van der Waals surface area contributed by atoms with E-state index in [9.17, 15) is 4.79 Å². The number of hydrogen-bond donors (Lipinski definition) is 2. The molecule has 1 heterocycles. The minimum absolute atomic E-state index is 0.0404. The zero-order chi connectivity index (χ0) is 18.8. The van der Waals surface area contributed by atoms with Crippen molar-refractivity contribution in [2.45, 2.75) is 40.3 Å². The summed E-state index contributed by atoms with van der Waals surface area (Å²) < 4.78 is 1.19. The predicted molar refractivity (Wildman–Crippen MR) is 109 cm³/mol. The van der Waals surface area contributed by atoms with Crippen LogP contribution in [0.25, 0.3) is 10.2 Å². The lowest BCUT2D eigenvalue weighted by atomic mass is 10.0. The van der Waals surface area contributed by atoms with E-state index >= 15 is 0 Å². The molecule has 0 radical (unpaired) electrons. The maximum Gasteiger partial charge on any atom is 0.282 e. The Morgan fingerprint density at radius 2 is 1.85 bits per heavy atom. The third-order valence-corrected chi connectivity index (χ3v) is 5.86. The maximum absolute atomic E-state index is 12.8. The standard InChI is InChI=1S/C21H25N3OS/c1-13-10-14(2)20(15(3)11-13)23-21(25)16(4)24(5)12-19-22-17-8-6-7-9-18(17)26-19/h6-11,16H,12H2,1-5H3,(H,23,25)/p+1/t16-/m0/s1. The molecule has 26 heavy (non-hydrogen) atoms. The van der Waals surface area contributed by atoms with Crippen LogP contribution in [0, 0.1) is 20.8 Å². The number of carbonyl (C=O) groups is 1. The highest BCUT2D eigenvalue weighted by atomic mass is 32.1. The van der Waals surface area contributed by atoms with Gasteiger partial charge in [-0.3, -0.25) is 4.79 Å². The molecule has 3 rings (SSSR count). The number of likely N-dealkylation sites (N-methyl/N-ethyl adjacent to an activating group) is 1. The third-order valence-electron chi connectivity index (χ3n) is 4.83. The van der Waals surface area contributed by atoms with E-state index in [1.54, 1.807) is 11.3 Å². The fourth-order valence-electron chi connectivity index (χ4n) is 3.22. The Labute approximate surface area is 158 Å². The molecule has 2 atom stereocenters. The highest BCUT2D eigenvalue weighted by molar-refractivity contribution is 7.18. The second kappa shape index (κ2) is 7.56. The van der Waals surface area contributed by atoms with Crippen LogP contribution in [0.3, 0.4) is 0 Å². The quantitative estimate of drug-likeness (QED) is 0.726. The minimum Gasteiger partial charge on any atom is -0.322 e. The molecule has 0 saturated heterocycles. The van der Waals surface area contributed by atoms with Crippen LogP contribution in [0.4, 0.5) is 5.69 Å². The van der Waals surface area contributed by atoms with Gasteiger partial charge in [0.2, 0.25) is 0 Å². The molecule has 136 valence electrons. The zero-order valence-corrected chi connectivity index (χ0v) is 16.8. The molecule has 2 aromatic carbocycles. The van der Waals surface area contributed by atoms with Gasteiger partial charge in [-0.2, -0.15) is 0 Å². The van der Waals surface area contributed by atoms with Crippen LogP contribution in [0.15, 0.2) is 36.4 Å². The van der Waals surface area contributed by atoms with Crippen LogP contribution in [-0.4, -0.2) is 24.0 Å². The number of nitrogens with one attached hydrogen (secondary N) is 2. The number of fused-ring (bicyclic) bond motifs is 1. The highest BCUT2D eigenvalue weighted by Gasteiger charge is 2.24. The molecule has 3 aromatic rings. The van der Waals surface area contributed by atoms with E-state index in [-0.39, 0.29) is 11.9 Å². The number of carbonyl (C=O) groups excluding carboxylic acids is 1. The second-order valence-electron chi connectivity index (χ2n) is 7.08. The van der Waals surface area contributed by atoms with Gasteiger partial charge < -0.3 is 10.2 Å². The van der Waals surface area contributed by atoms with Crippen LogP contribution in [0.2, 0.25) is 0 Å². The van der Waals surface area contributed by atoms with E-state index in [0.29, 0.717) is 0 Å². The van der Waals surface area contributed by atoms with Gasteiger partial charge in [-0.15, -0.1) is 11.3 Å². The van der Waals surface area contributed by atoms with Gasteiger partial charge in [0, 0.05) is 5.69 Å². The molecular weight excluding hydrogens is 342 g/mol. The number of aromatic nitrogens is 1. The monoisotopic (exact) mass is 368 g/mol. The summed E-state index contributed by atoms with van der Waals surface area (Å²) in [5.74, 6) is 0.0404. The normalized spacial score (nSPS) is 13.6. The molecule has 0 fully saturated rings. The Hall–Kier alpha value is -2.24. The van der Waals surface area contributed by atoms with Crippen molar-refractivity contribution >= 4 is 33.1 Å². The van der Waals surface area contributed by atoms with Crippen molar-refractivity contribution in [3.05, 3.63) is 58.1 Å². The number of para-hydroxylation sites is 1. The number of nitrogens with zero attached hydrogens (tertiary/aromatic N) is 1. The summed E-state index contributed by atoms with van der Waals surface area (Å²) in [6.45, 7) is 8.86. The molecule has 0 aliphatic rings. The summed E-state index contributed by atoms with van der Waals surface area (Å²) in [5.41, 5.74) is 5.38. The highest BCUT2D eigenvalue weighted by Crippen LogP contribution is 2.22. The number of benzene rings is 2.